The van der Waals surface area contributed by atoms with E-state index >= 15 is 0 Å². The number of hydrogen-bond acceptors (Lipinski definition) is 7. The highest BCUT2D eigenvalue weighted by molar-refractivity contribution is 8.18. The molecular formula is C20H18N4O3S2. The van der Waals surface area contributed by atoms with Gasteiger partial charge in [0.25, 0.3) is 16.7 Å². The lowest BCUT2D eigenvalue weighted by Crippen LogP contribution is -2.19. The van der Waals surface area contributed by atoms with Gasteiger partial charge in [0.05, 0.1) is 21.2 Å². The maximum Gasteiger partial charge on any atom is 0.290 e. The van der Waals surface area contributed by atoms with Gasteiger partial charge in [-0.1, -0.05) is 13.8 Å². The van der Waals surface area contributed by atoms with Crippen molar-refractivity contribution in [2.75, 3.05) is 0 Å². The summed E-state index contributed by atoms with van der Waals surface area (Å²) in [5.41, 5.74) is 2.70. The molecule has 1 N–H and O–H groups in total. The number of nitrogens with one attached hydrogen (secondary N) is 1. The quantitative estimate of drug-likeness (QED) is 0.629. The molecule has 1 aliphatic heterocycles. The lowest BCUT2D eigenvalue weighted by molar-refractivity contribution is -0.115. The van der Waals surface area contributed by atoms with Gasteiger partial charge in [-0.2, -0.15) is 0 Å². The molecule has 29 heavy (non-hydrogen) atoms. The molecule has 0 aromatic carbocycles. The summed E-state index contributed by atoms with van der Waals surface area (Å²) in [6, 6.07) is 3.78. The molecule has 1 aliphatic rings. The second kappa shape index (κ2) is 7.92. The van der Waals surface area contributed by atoms with E-state index in [9.17, 15) is 14.4 Å². The lowest BCUT2D eigenvalue weighted by Gasteiger charge is -2.05. The van der Waals surface area contributed by atoms with E-state index in [4.69, 9.17) is 0 Å². The second-order valence-corrected chi connectivity index (χ2v) is 8.91. The van der Waals surface area contributed by atoms with Gasteiger partial charge >= 0.3 is 0 Å². The molecule has 7 nitrogen and oxygen atoms in total. The molecule has 4 heterocycles. The molecule has 0 radical (unpaired) electrons. The van der Waals surface area contributed by atoms with Gasteiger partial charge in [-0.15, -0.1) is 11.3 Å². The summed E-state index contributed by atoms with van der Waals surface area (Å²) in [6.45, 7) is 4.26. The van der Waals surface area contributed by atoms with Gasteiger partial charge in [-0.25, -0.2) is 9.97 Å². The average molecular weight is 427 g/mol. The monoisotopic (exact) mass is 426 g/mol. The van der Waals surface area contributed by atoms with E-state index in [1.54, 1.807) is 17.5 Å². The molecule has 0 saturated carbocycles. The minimum absolute atomic E-state index is 0.190. The number of carbonyl (C=O) groups excluding carboxylic acids is 2. The molecule has 2 amide bonds. The number of thiazole rings is 1. The minimum atomic E-state index is -0.498. The summed E-state index contributed by atoms with van der Waals surface area (Å²) in [6.07, 6.45) is 6.16. The molecule has 0 atom stereocenters. The maximum absolute atomic E-state index is 12.7. The van der Waals surface area contributed by atoms with Crippen molar-refractivity contribution in [1.82, 2.24) is 19.7 Å². The Balaban J connectivity index is 1.55. The number of rotatable bonds is 5. The van der Waals surface area contributed by atoms with Gasteiger partial charge < -0.3 is 0 Å². The third-order valence-corrected chi connectivity index (χ3v) is 6.26. The predicted octanol–water partition coefficient (Wildman–Crippen LogP) is 3.38. The van der Waals surface area contributed by atoms with Crippen LogP contribution < -0.4 is 10.9 Å². The van der Waals surface area contributed by atoms with Crippen LogP contribution in [0.1, 0.15) is 41.6 Å². The Bertz CT molecular complexity index is 1210. The first-order valence-corrected chi connectivity index (χ1v) is 10.8. The topological polar surface area (TPSA) is 93.4 Å². The van der Waals surface area contributed by atoms with Crippen molar-refractivity contribution in [3.8, 4) is 0 Å². The van der Waals surface area contributed by atoms with E-state index in [0.717, 1.165) is 40.9 Å². The summed E-state index contributed by atoms with van der Waals surface area (Å²) in [7, 11) is 0. The summed E-state index contributed by atoms with van der Waals surface area (Å²) in [4.78, 5) is 44.9. The fourth-order valence-electron chi connectivity index (χ4n) is 2.90. The van der Waals surface area contributed by atoms with Crippen LogP contribution >= 0.6 is 23.1 Å². The second-order valence-electron chi connectivity index (χ2n) is 6.95. The molecule has 0 bridgehead atoms. The van der Waals surface area contributed by atoms with Crippen molar-refractivity contribution in [1.29, 1.82) is 0 Å². The van der Waals surface area contributed by atoms with Crippen molar-refractivity contribution in [3.63, 3.8) is 0 Å². The van der Waals surface area contributed by atoms with Crippen molar-refractivity contribution < 1.29 is 9.59 Å². The van der Waals surface area contributed by atoms with Crippen LogP contribution in [0.3, 0.4) is 0 Å². The zero-order chi connectivity index (χ0) is 20.5. The van der Waals surface area contributed by atoms with Crippen LogP contribution in [0, 0.1) is 0 Å². The van der Waals surface area contributed by atoms with Crippen molar-refractivity contribution in [2.45, 2.75) is 32.6 Å². The number of imide groups is 1. The molecule has 0 spiro atoms. The SMILES string of the molecule is CC(C)c1csc(CCc2ccn3c(=O)c(/C=C4\SC(=O)NC4=O)cnc3c2)n1. The van der Waals surface area contributed by atoms with E-state index in [2.05, 4.69) is 34.5 Å². The third-order valence-electron chi connectivity index (χ3n) is 4.52. The Morgan fingerprint density at radius 1 is 1.24 bits per heavy atom. The molecule has 3 aromatic rings. The van der Waals surface area contributed by atoms with Gasteiger partial charge in [0.15, 0.2) is 0 Å². The highest BCUT2D eigenvalue weighted by atomic mass is 32.2. The number of pyridine rings is 1. The van der Waals surface area contributed by atoms with Crippen molar-refractivity contribution >= 4 is 46.0 Å². The molecule has 0 unspecified atom stereocenters. The van der Waals surface area contributed by atoms with E-state index in [1.165, 1.54) is 16.7 Å². The smallest absolute Gasteiger partial charge is 0.282 e. The van der Waals surface area contributed by atoms with Crippen LogP contribution in [0.4, 0.5) is 4.79 Å². The van der Waals surface area contributed by atoms with E-state index in [1.807, 2.05) is 12.1 Å². The lowest BCUT2D eigenvalue weighted by atomic mass is 10.1. The number of fused-ring (bicyclic) bond motifs is 1. The van der Waals surface area contributed by atoms with E-state index in [-0.39, 0.29) is 16.0 Å². The molecule has 148 valence electrons. The van der Waals surface area contributed by atoms with Gasteiger partial charge in [0, 0.05) is 24.2 Å². The molecule has 0 aliphatic carbocycles. The molecule has 1 fully saturated rings. The van der Waals surface area contributed by atoms with E-state index < -0.39 is 11.1 Å². The zero-order valence-electron chi connectivity index (χ0n) is 15.8. The molecule has 9 heteroatoms. The Labute approximate surface area is 174 Å². The van der Waals surface area contributed by atoms with Gasteiger partial charge in [-0.3, -0.25) is 24.1 Å². The van der Waals surface area contributed by atoms with Crippen LogP contribution in [0.5, 0.6) is 0 Å². The average Bonchev–Trinajstić information content (AvgIpc) is 3.28. The number of hydrogen-bond donors (Lipinski definition) is 1. The van der Waals surface area contributed by atoms with Crippen LogP contribution in [-0.4, -0.2) is 25.5 Å². The highest BCUT2D eigenvalue weighted by Crippen LogP contribution is 2.24. The van der Waals surface area contributed by atoms with Crippen LogP contribution in [0.2, 0.25) is 0 Å². The minimum Gasteiger partial charge on any atom is -0.282 e. The normalized spacial score (nSPS) is 15.6. The van der Waals surface area contributed by atoms with Crippen molar-refractivity contribution in [3.05, 3.63) is 67.0 Å². The molecule has 1 saturated heterocycles. The Morgan fingerprint density at radius 3 is 2.76 bits per heavy atom. The standard InChI is InChI=1S/C20H18N4O3S2/c1-11(2)14-10-28-17(22-14)4-3-12-5-6-24-16(7-12)21-9-13(19(24)26)8-15-18(25)23-20(27)29-15/h5-11H,3-4H2,1-2H3,(H,23,25,27)/b15-8-. The van der Waals surface area contributed by atoms with Crippen LogP contribution in [0.25, 0.3) is 11.7 Å². The first-order valence-electron chi connectivity index (χ1n) is 9.10. The summed E-state index contributed by atoms with van der Waals surface area (Å²) < 4.78 is 1.44. The fourth-order valence-corrected chi connectivity index (χ4v) is 4.54. The number of amides is 2. The van der Waals surface area contributed by atoms with Gasteiger partial charge in [-0.05, 0) is 47.9 Å². The Kier molecular flexibility index (Phi) is 5.33. The largest absolute Gasteiger partial charge is 0.290 e. The van der Waals surface area contributed by atoms with Crippen LogP contribution in [-0.2, 0) is 17.6 Å². The summed E-state index contributed by atoms with van der Waals surface area (Å²) in [5.74, 6) is -0.0737. The summed E-state index contributed by atoms with van der Waals surface area (Å²) in [5, 5.41) is 4.93. The number of aromatic nitrogens is 3. The van der Waals surface area contributed by atoms with Gasteiger partial charge in [0.1, 0.15) is 5.65 Å². The number of carbonyl (C=O) groups is 2. The zero-order valence-corrected chi connectivity index (χ0v) is 17.5. The maximum atomic E-state index is 12.7. The first-order chi connectivity index (χ1) is 13.9. The highest BCUT2D eigenvalue weighted by Gasteiger charge is 2.25. The summed E-state index contributed by atoms with van der Waals surface area (Å²) >= 11 is 2.45. The van der Waals surface area contributed by atoms with Gasteiger partial charge in [0.2, 0.25) is 0 Å². The third kappa shape index (κ3) is 4.15. The Morgan fingerprint density at radius 2 is 2.07 bits per heavy atom. The number of aryl methyl sites for hydroxylation is 2. The fraction of sp³-hybridized carbons (Fsp3) is 0.250. The molecular weight excluding hydrogens is 408 g/mol. The van der Waals surface area contributed by atoms with Crippen LogP contribution in [0.15, 0.2) is 39.6 Å². The van der Waals surface area contributed by atoms with E-state index in [0.29, 0.717) is 11.6 Å². The Hall–Kier alpha value is -2.78. The molecule has 4 rings (SSSR count). The predicted molar refractivity (Wildman–Crippen MR) is 114 cm³/mol. The molecule has 3 aromatic heterocycles. The number of nitrogens with zero attached hydrogens (tertiary/aromatic N) is 3. The van der Waals surface area contributed by atoms with Crippen molar-refractivity contribution in [2.24, 2.45) is 0 Å². The number of thioether (sulfide) groups is 1. The first kappa shape index (κ1) is 19.5.